The van der Waals surface area contributed by atoms with Crippen molar-refractivity contribution in [2.24, 2.45) is 0 Å². The summed E-state index contributed by atoms with van der Waals surface area (Å²) < 4.78 is 1.05. The van der Waals surface area contributed by atoms with Crippen molar-refractivity contribution in [2.75, 3.05) is 5.73 Å². The van der Waals surface area contributed by atoms with E-state index in [4.69, 9.17) is 5.73 Å². The molecule has 0 fully saturated rings. The van der Waals surface area contributed by atoms with Crippen molar-refractivity contribution in [3.05, 3.63) is 33.8 Å². The molecule has 2 rings (SSSR count). The Morgan fingerprint density at radius 1 is 1.33 bits per heavy atom. The van der Waals surface area contributed by atoms with Crippen molar-refractivity contribution in [3.8, 4) is 0 Å². The van der Waals surface area contributed by atoms with Gasteiger partial charge in [0.05, 0.1) is 5.52 Å². The number of rotatable bonds is 1. The molecule has 2 nitrogen and oxygen atoms in total. The van der Waals surface area contributed by atoms with Crippen molar-refractivity contribution in [3.63, 3.8) is 0 Å². The Morgan fingerprint density at radius 2 is 2.07 bits per heavy atom. The van der Waals surface area contributed by atoms with Crippen molar-refractivity contribution in [1.29, 1.82) is 0 Å². The standard InChI is InChI=1S/C12H13BrN2/c1-3-8-5-10-7(2)4-9(13)6-11(10)15-12(8)14/h4-6H,3H2,1-2H3,(H2,14,15). The number of halogens is 1. The highest BCUT2D eigenvalue weighted by Crippen LogP contribution is 2.25. The van der Waals surface area contributed by atoms with Crippen molar-refractivity contribution in [1.82, 2.24) is 4.98 Å². The Hall–Kier alpha value is -1.09. The van der Waals surface area contributed by atoms with Gasteiger partial charge in [0, 0.05) is 9.86 Å². The number of benzene rings is 1. The molecule has 0 aliphatic rings. The summed E-state index contributed by atoms with van der Waals surface area (Å²) in [4.78, 5) is 4.42. The smallest absolute Gasteiger partial charge is 0.127 e. The number of hydrogen-bond donors (Lipinski definition) is 1. The molecule has 0 aliphatic heterocycles. The summed E-state index contributed by atoms with van der Waals surface area (Å²) in [6.45, 7) is 4.18. The fraction of sp³-hybridized carbons (Fsp3) is 0.250. The van der Waals surface area contributed by atoms with Crippen LogP contribution in [0, 0.1) is 6.92 Å². The van der Waals surface area contributed by atoms with Gasteiger partial charge in [-0.05, 0) is 42.7 Å². The highest BCUT2D eigenvalue weighted by atomic mass is 79.9. The van der Waals surface area contributed by atoms with E-state index >= 15 is 0 Å². The lowest BCUT2D eigenvalue weighted by molar-refractivity contribution is 1.13. The minimum absolute atomic E-state index is 0.641. The molecule has 3 heteroatoms. The topological polar surface area (TPSA) is 38.9 Å². The van der Waals surface area contributed by atoms with E-state index in [1.54, 1.807) is 0 Å². The zero-order chi connectivity index (χ0) is 11.0. The van der Waals surface area contributed by atoms with Crippen LogP contribution in [0.2, 0.25) is 0 Å². The van der Waals surface area contributed by atoms with Crippen molar-refractivity contribution in [2.45, 2.75) is 20.3 Å². The number of fused-ring (bicyclic) bond motifs is 1. The molecule has 15 heavy (non-hydrogen) atoms. The van der Waals surface area contributed by atoms with E-state index in [9.17, 15) is 0 Å². The Balaban J connectivity index is 2.81. The third-order valence-corrected chi connectivity index (χ3v) is 3.06. The molecule has 0 atom stereocenters. The maximum absolute atomic E-state index is 5.87. The van der Waals surface area contributed by atoms with Gasteiger partial charge in [-0.15, -0.1) is 0 Å². The molecule has 0 spiro atoms. The van der Waals surface area contributed by atoms with Crippen LogP contribution in [0.1, 0.15) is 18.1 Å². The summed E-state index contributed by atoms with van der Waals surface area (Å²) in [6.07, 6.45) is 0.921. The van der Waals surface area contributed by atoms with E-state index in [0.717, 1.165) is 22.0 Å². The molecule has 2 aromatic rings. The minimum Gasteiger partial charge on any atom is -0.383 e. The second-order valence-electron chi connectivity index (χ2n) is 3.68. The van der Waals surface area contributed by atoms with E-state index < -0.39 is 0 Å². The maximum atomic E-state index is 5.87. The van der Waals surface area contributed by atoms with Crippen LogP contribution in [0.4, 0.5) is 5.82 Å². The van der Waals surface area contributed by atoms with Crippen LogP contribution in [0.15, 0.2) is 22.7 Å². The van der Waals surface area contributed by atoms with Crippen LogP contribution in [0.25, 0.3) is 10.9 Å². The zero-order valence-electron chi connectivity index (χ0n) is 8.84. The van der Waals surface area contributed by atoms with Crippen LogP contribution in [0.3, 0.4) is 0 Å². The van der Waals surface area contributed by atoms with E-state index in [1.165, 1.54) is 10.9 Å². The van der Waals surface area contributed by atoms with E-state index in [2.05, 4.69) is 46.9 Å². The fourth-order valence-electron chi connectivity index (χ4n) is 1.75. The molecule has 78 valence electrons. The summed E-state index contributed by atoms with van der Waals surface area (Å²) in [7, 11) is 0. The van der Waals surface area contributed by atoms with Gasteiger partial charge in [0.25, 0.3) is 0 Å². The summed E-state index contributed by atoms with van der Waals surface area (Å²) in [5.41, 5.74) is 9.17. The number of anilines is 1. The summed E-state index contributed by atoms with van der Waals surface area (Å²) in [6, 6.07) is 6.23. The first-order valence-corrected chi connectivity index (χ1v) is 5.76. The van der Waals surface area contributed by atoms with Crippen molar-refractivity contribution >= 4 is 32.7 Å². The van der Waals surface area contributed by atoms with Gasteiger partial charge >= 0.3 is 0 Å². The third-order valence-electron chi connectivity index (χ3n) is 2.60. The van der Waals surface area contributed by atoms with Gasteiger partial charge in [0.15, 0.2) is 0 Å². The fourth-order valence-corrected chi connectivity index (χ4v) is 2.31. The third kappa shape index (κ3) is 1.84. The Morgan fingerprint density at radius 3 is 2.73 bits per heavy atom. The first-order chi connectivity index (χ1) is 7.11. The average Bonchev–Trinajstić information content (AvgIpc) is 2.16. The first-order valence-electron chi connectivity index (χ1n) is 4.97. The quantitative estimate of drug-likeness (QED) is 0.857. The summed E-state index contributed by atoms with van der Waals surface area (Å²) in [5, 5.41) is 1.18. The number of nitrogens with two attached hydrogens (primary N) is 1. The highest BCUT2D eigenvalue weighted by Gasteiger charge is 2.05. The molecule has 0 radical (unpaired) electrons. The van der Waals surface area contributed by atoms with Crippen LogP contribution >= 0.6 is 15.9 Å². The lowest BCUT2D eigenvalue weighted by atomic mass is 10.1. The van der Waals surface area contributed by atoms with Gasteiger partial charge in [0.1, 0.15) is 5.82 Å². The van der Waals surface area contributed by atoms with Gasteiger partial charge < -0.3 is 5.73 Å². The van der Waals surface area contributed by atoms with Crippen LogP contribution < -0.4 is 5.73 Å². The van der Waals surface area contributed by atoms with E-state index in [0.29, 0.717) is 5.82 Å². The molecule has 2 N–H and O–H groups in total. The number of aromatic nitrogens is 1. The molecule has 0 unspecified atom stereocenters. The Bertz CT molecular complexity index is 521. The predicted octanol–water partition coefficient (Wildman–Crippen LogP) is 3.45. The molecule has 0 aliphatic carbocycles. The maximum Gasteiger partial charge on any atom is 0.127 e. The van der Waals surface area contributed by atoms with Crippen molar-refractivity contribution < 1.29 is 0 Å². The van der Waals surface area contributed by atoms with Gasteiger partial charge in [-0.1, -0.05) is 22.9 Å². The normalized spacial score (nSPS) is 10.9. The second-order valence-corrected chi connectivity index (χ2v) is 4.59. The molecular weight excluding hydrogens is 252 g/mol. The predicted molar refractivity (Wildman–Crippen MR) is 68.0 cm³/mol. The Kier molecular flexibility index (Phi) is 2.65. The minimum atomic E-state index is 0.641. The second kappa shape index (κ2) is 3.81. The lowest BCUT2D eigenvalue weighted by Gasteiger charge is -2.07. The van der Waals surface area contributed by atoms with Gasteiger partial charge in [-0.25, -0.2) is 4.98 Å². The lowest BCUT2D eigenvalue weighted by Crippen LogP contribution is -1.97. The SMILES string of the molecule is CCc1cc2c(C)cc(Br)cc2nc1N. The van der Waals surface area contributed by atoms with Crippen LogP contribution in [-0.2, 0) is 6.42 Å². The summed E-state index contributed by atoms with van der Waals surface area (Å²) in [5.74, 6) is 0.641. The molecule has 0 bridgehead atoms. The number of nitrogens with zero attached hydrogens (tertiary/aromatic N) is 1. The van der Waals surface area contributed by atoms with Gasteiger partial charge in [0.2, 0.25) is 0 Å². The summed E-state index contributed by atoms with van der Waals surface area (Å²) >= 11 is 3.46. The van der Waals surface area contributed by atoms with E-state index in [1.807, 2.05) is 6.07 Å². The highest BCUT2D eigenvalue weighted by molar-refractivity contribution is 9.10. The molecule has 1 aromatic carbocycles. The first kappa shape index (κ1) is 10.4. The molecule has 0 saturated carbocycles. The number of pyridine rings is 1. The van der Waals surface area contributed by atoms with Crippen LogP contribution in [0.5, 0.6) is 0 Å². The number of nitrogen functional groups attached to an aromatic ring is 1. The molecule has 1 aromatic heterocycles. The number of aryl methyl sites for hydroxylation is 2. The monoisotopic (exact) mass is 264 g/mol. The van der Waals surface area contributed by atoms with Crippen LogP contribution in [-0.4, -0.2) is 4.98 Å². The molecule has 0 amide bonds. The molecule has 0 saturated heterocycles. The van der Waals surface area contributed by atoms with Gasteiger partial charge in [-0.3, -0.25) is 0 Å². The average molecular weight is 265 g/mol. The molecular formula is C12H13BrN2. The number of hydrogen-bond acceptors (Lipinski definition) is 2. The Labute approximate surface area is 97.6 Å². The van der Waals surface area contributed by atoms with E-state index in [-0.39, 0.29) is 0 Å². The molecule has 1 heterocycles. The zero-order valence-corrected chi connectivity index (χ0v) is 10.4. The van der Waals surface area contributed by atoms with Gasteiger partial charge in [-0.2, -0.15) is 0 Å². The largest absolute Gasteiger partial charge is 0.383 e.